The Kier molecular flexibility index (Phi) is 3.07. The first-order valence-electron chi connectivity index (χ1n) is 5.46. The molecule has 0 spiro atoms. The number of amides is 1. The maximum absolute atomic E-state index is 11.7. The lowest BCUT2D eigenvalue weighted by Gasteiger charge is -2.21. The number of nitrogens with zero attached hydrogens (tertiary/aromatic N) is 1. The Morgan fingerprint density at radius 2 is 2.07 bits per heavy atom. The molecule has 0 saturated carbocycles. The van der Waals surface area contributed by atoms with Gasteiger partial charge in [0.1, 0.15) is 5.54 Å². The van der Waals surface area contributed by atoms with Gasteiger partial charge >= 0.3 is 0 Å². The number of carbonyl (C=O) groups is 1. The van der Waals surface area contributed by atoms with E-state index < -0.39 is 5.54 Å². The summed E-state index contributed by atoms with van der Waals surface area (Å²) in [4.78, 5) is 16.1. The largest absolute Gasteiger partial charge is 0.351 e. The summed E-state index contributed by atoms with van der Waals surface area (Å²) in [6.07, 6.45) is 1.74. The van der Waals surface area contributed by atoms with E-state index in [4.69, 9.17) is 0 Å². The first-order chi connectivity index (χ1) is 6.77. The highest BCUT2D eigenvalue weighted by atomic mass is 16.2. The van der Waals surface area contributed by atoms with E-state index in [1.165, 1.54) is 0 Å². The predicted octanol–water partition coefficient (Wildman–Crippen LogP) is 1.42. The van der Waals surface area contributed by atoms with Gasteiger partial charge in [-0.1, -0.05) is 13.3 Å². The van der Waals surface area contributed by atoms with Gasteiger partial charge in [-0.3, -0.25) is 10.1 Å². The second-order valence-corrected chi connectivity index (χ2v) is 5.31. The van der Waals surface area contributed by atoms with Crippen LogP contribution >= 0.6 is 0 Å². The Balaban J connectivity index is 2.75. The van der Waals surface area contributed by atoms with Crippen molar-refractivity contribution < 1.29 is 4.79 Å². The van der Waals surface area contributed by atoms with E-state index in [0.717, 1.165) is 12.8 Å². The molecule has 0 fully saturated rings. The fourth-order valence-electron chi connectivity index (χ4n) is 1.64. The molecule has 1 aliphatic heterocycles. The molecule has 1 rings (SSSR count). The zero-order valence-electron chi connectivity index (χ0n) is 10.3. The van der Waals surface area contributed by atoms with Crippen molar-refractivity contribution in [1.82, 2.24) is 10.6 Å². The topological polar surface area (TPSA) is 53.5 Å². The molecular weight excluding hydrogens is 190 g/mol. The van der Waals surface area contributed by atoms with Crippen LogP contribution in [-0.2, 0) is 4.79 Å². The maximum Gasteiger partial charge on any atom is 0.254 e. The van der Waals surface area contributed by atoms with Gasteiger partial charge in [-0.2, -0.15) is 0 Å². The van der Waals surface area contributed by atoms with Gasteiger partial charge in [0.2, 0.25) is 0 Å². The summed E-state index contributed by atoms with van der Waals surface area (Å²) in [6, 6.07) is 0. The number of hydrogen-bond acceptors (Lipinski definition) is 3. The van der Waals surface area contributed by atoms with Crippen LogP contribution in [0.1, 0.15) is 47.5 Å². The third-order valence-electron chi connectivity index (χ3n) is 2.31. The summed E-state index contributed by atoms with van der Waals surface area (Å²) in [6.45, 7) is 10.1. The number of nitrogens with one attached hydrogen (secondary N) is 2. The van der Waals surface area contributed by atoms with Gasteiger partial charge in [-0.25, -0.2) is 4.99 Å². The molecule has 1 unspecified atom stereocenters. The molecule has 1 heterocycles. The van der Waals surface area contributed by atoms with E-state index in [0.29, 0.717) is 5.96 Å². The molecule has 0 aliphatic carbocycles. The Morgan fingerprint density at radius 1 is 1.47 bits per heavy atom. The minimum absolute atomic E-state index is 0.00361. The number of rotatable bonds is 2. The third kappa shape index (κ3) is 2.94. The average molecular weight is 211 g/mol. The molecule has 2 N–H and O–H groups in total. The van der Waals surface area contributed by atoms with Crippen molar-refractivity contribution in [3.05, 3.63) is 0 Å². The molecule has 4 nitrogen and oxygen atoms in total. The van der Waals surface area contributed by atoms with Gasteiger partial charge < -0.3 is 5.32 Å². The van der Waals surface area contributed by atoms with Crippen LogP contribution in [-0.4, -0.2) is 22.9 Å². The molecule has 1 amide bonds. The number of carbonyl (C=O) groups excluding carboxylic acids is 1. The highest BCUT2D eigenvalue weighted by Gasteiger charge is 2.38. The van der Waals surface area contributed by atoms with E-state index in [2.05, 4.69) is 22.5 Å². The van der Waals surface area contributed by atoms with Crippen LogP contribution in [0.5, 0.6) is 0 Å². The van der Waals surface area contributed by atoms with Gasteiger partial charge in [-0.05, 0) is 34.1 Å². The van der Waals surface area contributed by atoms with E-state index in [1.807, 2.05) is 27.7 Å². The molecule has 0 aromatic rings. The lowest BCUT2D eigenvalue weighted by molar-refractivity contribution is -0.123. The second-order valence-electron chi connectivity index (χ2n) is 5.31. The highest BCUT2D eigenvalue weighted by molar-refractivity contribution is 6.07. The molecule has 0 aromatic carbocycles. The Hall–Kier alpha value is -1.06. The Labute approximate surface area is 91.5 Å². The first-order valence-corrected chi connectivity index (χ1v) is 5.46. The molecule has 1 aliphatic rings. The van der Waals surface area contributed by atoms with Crippen LogP contribution in [0.2, 0.25) is 0 Å². The van der Waals surface area contributed by atoms with Crippen LogP contribution in [0.3, 0.4) is 0 Å². The van der Waals surface area contributed by atoms with Crippen LogP contribution < -0.4 is 10.6 Å². The van der Waals surface area contributed by atoms with Gasteiger partial charge in [0, 0.05) is 5.54 Å². The van der Waals surface area contributed by atoms with Crippen LogP contribution in [0.4, 0.5) is 0 Å². The molecule has 15 heavy (non-hydrogen) atoms. The molecule has 0 saturated heterocycles. The fourth-order valence-corrected chi connectivity index (χ4v) is 1.64. The van der Waals surface area contributed by atoms with E-state index in [1.54, 1.807) is 0 Å². The van der Waals surface area contributed by atoms with Gasteiger partial charge in [0.25, 0.3) is 5.91 Å². The van der Waals surface area contributed by atoms with Crippen molar-refractivity contribution in [2.45, 2.75) is 58.5 Å². The van der Waals surface area contributed by atoms with Crippen molar-refractivity contribution in [3.8, 4) is 0 Å². The van der Waals surface area contributed by atoms with Crippen molar-refractivity contribution in [3.63, 3.8) is 0 Å². The zero-order chi connectivity index (χ0) is 11.7. The van der Waals surface area contributed by atoms with E-state index >= 15 is 0 Å². The smallest absolute Gasteiger partial charge is 0.254 e. The Morgan fingerprint density at radius 3 is 2.53 bits per heavy atom. The molecule has 0 bridgehead atoms. The van der Waals surface area contributed by atoms with Crippen LogP contribution in [0.15, 0.2) is 4.99 Å². The van der Waals surface area contributed by atoms with Gasteiger partial charge in [-0.15, -0.1) is 0 Å². The van der Waals surface area contributed by atoms with E-state index in [-0.39, 0.29) is 11.4 Å². The maximum atomic E-state index is 11.7. The van der Waals surface area contributed by atoms with Crippen LogP contribution in [0, 0.1) is 0 Å². The molecule has 0 radical (unpaired) electrons. The molecule has 86 valence electrons. The number of hydrogen-bond donors (Lipinski definition) is 2. The lowest BCUT2D eigenvalue weighted by Crippen LogP contribution is -2.47. The van der Waals surface area contributed by atoms with Gasteiger partial charge in [0.15, 0.2) is 5.96 Å². The molecular formula is C11H21N3O. The van der Waals surface area contributed by atoms with Crippen molar-refractivity contribution in [2.24, 2.45) is 4.99 Å². The molecule has 1 atom stereocenters. The SMILES string of the molecule is CCCC1(C)N=C(NC(C)(C)C)NC1=O. The molecule has 0 aromatic heterocycles. The van der Waals surface area contributed by atoms with Crippen molar-refractivity contribution in [2.75, 3.05) is 0 Å². The second kappa shape index (κ2) is 3.83. The number of aliphatic imine (C=N–C) groups is 1. The summed E-state index contributed by atoms with van der Waals surface area (Å²) < 4.78 is 0. The quantitative estimate of drug-likeness (QED) is 0.725. The summed E-state index contributed by atoms with van der Waals surface area (Å²) >= 11 is 0. The summed E-state index contributed by atoms with van der Waals surface area (Å²) in [5.74, 6) is 0.597. The Bertz CT molecular complexity index is 291. The zero-order valence-corrected chi connectivity index (χ0v) is 10.3. The summed E-state index contributed by atoms with van der Waals surface area (Å²) in [7, 11) is 0. The average Bonchev–Trinajstić information content (AvgIpc) is 2.23. The standard InChI is InChI=1S/C11H21N3O/c1-6-7-11(5)8(15)12-9(14-11)13-10(2,3)4/h6-7H2,1-5H3,(H2,12,13,14,15). The monoisotopic (exact) mass is 211 g/mol. The first kappa shape index (κ1) is 12.0. The van der Waals surface area contributed by atoms with Crippen LogP contribution in [0.25, 0.3) is 0 Å². The lowest BCUT2D eigenvalue weighted by atomic mass is 9.97. The summed E-state index contributed by atoms with van der Waals surface area (Å²) in [5, 5.41) is 5.97. The minimum atomic E-state index is -0.581. The highest BCUT2D eigenvalue weighted by Crippen LogP contribution is 2.21. The fraction of sp³-hybridized carbons (Fsp3) is 0.818. The third-order valence-corrected chi connectivity index (χ3v) is 2.31. The van der Waals surface area contributed by atoms with Crippen molar-refractivity contribution in [1.29, 1.82) is 0 Å². The minimum Gasteiger partial charge on any atom is -0.351 e. The molecule has 4 heteroatoms. The normalized spacial score (nSPS) is 26.2. The van der Waals surface area contributed by atoms with Gasteiger partial charge in [0.05, 0.1) is 0 Å². The van der Waals surface area contributed by atoms with Crippen molar-refractivity contribution >= 4 is 11.9 Å². The number of guanidine groups is 1. The summed E-state index contributed by atoms with van der Waals surface area (Å²) in [5.41, 5.74) is -0.661. The predicted molar refractivity (Wildman–Crippen MR) is 61.8 cm³/mol. The van der Waals surface area contributed by atoms with E-state index in [9.17, 15) is 4.79 Å².